The molecule has 0 spiro atoms. The van der Waals surface area contributed by atoms with Gasteiger partial charge < -0.3 is 15.2 Å². The third-order valence-electron chi connectivity index (χ3n) is 3.05. The molecule has 2 aromatic rings. The first-order valence-corrected chi connectivity index (χ1v) is 6.55. The van der Waals surface area contributed by atoms with Crippen molar-refractivity contribution in [3.63, 3.8) is 0 Å². The Hall–Kier alpha value is -2.50. The highest BCUT2D eigenvalue weighted by Gasteiger charge is 2.16. The van der Waals surface area contributed by atoms with Crippen molar-refractivity contribution in [2.45, 2.75) is 26.2 Å². The van der Waals surface area contributed by atoms with Crippen LogP contribution in [-0.2, 0) is 5.41 Å². The lowest BCUT2D eigenvalue weighted by atomic mass is 9.87. The lowest BCUT2D eigenvalue weighted by Crippen LogP contribution is -2.13. The van der Waals surface area contributed by atoms with E-state index >= 15 is 0 Å². The lowest BCUT2D eigenvalue weighted by molar-refractivity contribution is 0.416. The van der Waals surface area contributed by atoms with Crippen molar-refractivity contribution in [2.24, 2.45) is 0 Å². The monoisotopic (exact) mass is 289 g/mol. The normalized spacial score (nSPS) is 11.2. The second-order valence-electron chi connectivity index (χ2n) is 5.74. The van der Waals surface area contributed by atoms with E-state index in [1.54, 1.807) is 7.11 Å². The van der Waals surface area contributed by atoms with Crippen LogP contribution in [0, 0.1) is 0 Å². The molecule has 1 heterocycles. The number of nitrogens with one attached hydrogen (secondary N) is 2. The van der Waals surface area contributed by atoms with Gasteiger partial charge in [0.1, 0.15) is 5.75 Å². The number of nitrogens with zero attached hydrogens (tertiary/aromatic N) is 1. The summed E-state index contributed by atoms with van der Waals surface area (Å²) >= 11 is 0. The molecule has 0 radical (unpaired) electrons. The van der Waals surface area contributed by atoms with Gasteiger partial charge in [0, 0.05) is 0 Å². The van der Waals surface area contributed by atoms with Crippen molar-refractivity contribution in [1.82, 2.24) is 9.97 Å². The number of anilines is 2. The van der Waals surface area contributed by atoms with E-state index < -0.39 is 5.56 Å². The van der Waals surface area contributed by atoms with E-state index in [4.69, 9.17) is 4.74 Å². The van der Waals surface area contributed by atoms with E-state index in [1.165, 1.54) is 0 Å². The van der Waals surface area contributed by atoms with Crippen molar-refractivity contribution in [1.29, 1.82) is 0 Å². The van der Waals surface area contributed by atoms with E-state index in [0.29, 0.717) is 11.4 Å². The Labute approximate surface area is 122 Å². The molecule has 0 aliphatic heterocycles. The van der Waals surface area contributed by atoms with Crippen LogP contribution in [0.3, 0.4) is 0 Å². The maximum atomic E-state index is 11.4. The van der Waals surface area contributed by atoms with Gasteiger partial charge in [0.25, 0.3) is 5.56 Å². The highest BCUT2D eigenvalue weighted by atomic mass is 16.5. The van der Waals surface area contributed by atoms with Crippen LogP contribution in [-0.4, -0.2) is 22.2 Å². The van der Waals surface area contributed by atoms with Crippen LogP contribution in [0.5, 0.6) is 11.6 Å². The summed E-state index contributed by atoms with van der Waals surface area (Å²) in [7, 11) is 1.57. The van der Waals surface area contributed by atoms with Gasteiger partial charge in [-0.3, -0.25) is 9.78 Å². The number of H-pyrrole nitrogens is 1. The molecule has 0 saturated heterocycles. The Morgan fingerprint density at radius 3 is 2.57 bits per heavy atom. The number of aromatic hydroxyl groups is 1. The Balaban J connectivity index is 2.44. The summed E-state index contributed by atoms with van der Waals surface area (Å²) in [6.45, 7) is 6.31. The Morgan fingerprint density at radius 1 is 1.29 bits per heavy atom. The number of ether oxygens (including phenoxy) is 1. The zero-order valence-electron chi connectivity index (χ0n) is 12.5. The first-order chi connectivity index (χ1) is 9.79. The number of benzene rings is 1. The number of aromatic amines is 1. The van der Waals surface area contributed by atoms with E-state index in [-0.39, 0.29) is 17.2 Å². The molecular weight excluding hydrogens is 270 g/mol. The van der Waals surface area contributed by atoms with Gasteiger partial charge in [-0.15, -0.1) is 0 Å². The molecule has 0 saturated carbocycles. The Kier molecular flexibility index (Phi) is 3.88. The fourth-order valence-corrected chi connectivity index (χ4v) is 1.90. The summed E-state index contributed by atoms with van der Waals surface area (Å²) in [6.07, 6.45) is 0. The standard InChI is InChI=1S/C15H19N3O3/c1-15(2,3)9-5-6-11(21-4)10(7-9)16-14-17-12(19)8-13(20)18-14/h5-8H,1-4H3,(H3,16,17,18,19,20). The molecule has 21 heavy (non-hydrogen) atoms. The van der Waals surface area contributed by atoms with Gasteiger partial charge in [-0.2, -0.15) is 4.98 Å². The van der Waals surface area contributed by atoms with Gasteiger partial charge in [-0.1, -0.05) is 26.8 Å². The number of hydrogen-bond donors (Lipinski definition) is 3. The smallest absolute Gasteiger partial charge is 0.256 e. The SMILES string of the molecule is COc1ccc(C(C)(C)C)cc1Nc1nc(O)cc(=O)[nH]1. The summed E-state index contributed by atoms with van der Waals surface area (Å²) in [6, 6.07) is 6.78. The van der Waals surface area contributed by atoms with E-state index in [1.807, 2.05) is 18.2 Å². The van der Waals surface area contributed by atoms with Crippen LogP contribution in [0.1, 0.15) is 26.3 Å². The summed E-state index contributed by atoms with van der Waals surface area (Å²) in [5.41, 5.74) is 1.31. The Morgan fingerprint density at radius 2 is 2.00 bits per heavy atom. The van der Waals surface area contributed by atoms with Gasteiger partial charge in [-0.05, 0) is 23.1 Å². The van der Waals surface area contributed by atoms with Crippen molar-refractivity contribution < 1.29 is 9.84 Å². The largest absolute Gasteiger partial charge is 0.495 e. The molecule has 0 amide bonds. The van der Waals surface area contributed by atoms with Gasteiger partial charge in [0.05, 0.1) is 18.9 Å². The molecule has 0 atom stereocenters. The van der Waals surface area contributed by atoms with Crippen LogP contribution < -0.4 is 15.6 Å². The summed E-state index contributed by atoms with van der Waals surface area (Å²) in [5, 5.41) is 12.3. The highest BCUT2D eigenvalue weighted by Crippen LogP contribution is 2.32. The van der Waals surface area contributed by atoms with E-state index in [0.717, 1.165) is 11.6 Å². The molecule has 112 valence electrons. The Bertz CT molecular complexity index is 702. The summed E-state index contributed by atoms with van der Waals surface area (Å²) in [5.74, 6) is 0.436. The van der Waals surface area contributed by atoms with Gasteiger partial charge in [0.15, 0.2) is 0 Å². The van der Waals surface area contributed by atoms with Crippen molar-refractivity contribution in [2.75, 3.05) is 12.4 Å². The first-order valence-electron chi connectivity index (χ1n) is 6.55. The molecule has 6 nitrogen and oxygen atoms in total. The van der Waals surface area contributed by atoms with Crippen molar-refractivity contribution in [3.8, 4) is 11.6 Å². The van der Waals surface area contributed by atoms with E-state index in [9.17, 15) is 9.90 Å². The molecule has 0 unspecified atom stereocenters. The fraction of sp³-hybridized carbons (Fsp3) is 0.333. The van der Waals surface area contributed by atoms with Crippen LogP contribution in [0.15, 0.2) is 29.1 Å². The molecule has 3 N–H and O–H groups in total. The van der Waals surface area contributed by atoms with Crippen molar-refractivity contribution >= 4 is 11.6 Å². The predicted molar refractivity (Wildman–Crippen MR) is 81.5 cm³/mol. The summed E-state index contributed by atoms with van der Waals surface area (Å²) < 4.78 is 5.30. The fourth-order valence-electron chi connectivity index (χ4n) is 1.90. The first kappa shape index (κ1) is 14.9. The van der Waals surface area contributed by atoms with Gasteiger partial charge in [-0.25, -0.2) is 0 Å². The molecule has 0 fully saturated rings. The molecule has 1 aromatic heterocycles. The zero-order chi connectivity index (χ0) is 15.6. The minimum absolute atomic E-state index is 0.0254. The van der Waals surface area contributed by atoms with Gasteiger partial charge in [0.2, 0.25) is 11.8 Å². The molecular formula is C15H19N3O3. The maximum Gasteiger partial charge on any atom is 0.256 e. The van der Waals surface area contributed by atoms with Crippen molar-refractivity contribution in [3.05, 3.63) is 40.2 Å². The number of rotatable bonds is 3. The average Bonchev–Trinajstić information content (AvgIpc) is 2.36. The average molecular weight is 289 g/mol. The zero-order valence-corrected chi connectivity index (χ0v) is 12.5. The summed E-state index contributed by atoms with van der Waals surface area (Å²) in [4.78, 5) is 17.7. The predicted octanol–water partition coefficient (Wildman–Crippen LogP) is 2.53. The number of aromatic nitrogens is 2. The second-order valence-corrected chi connectivity index (χ2v) is 5.74. The third kappa shape index (κ3) is 3.53. The second kappa shape index (κ2) is 5.47. The minimum atomic E-state index is -0.434. The van der Waals surface area contributed by atoms with Crippen LogP contribution in [0.25, 0.3) is 0 Å². The molecule has 0 aliphatic rings. The maximum absolute atomic E-state index is 11.4. The third-order valence-corrected chi connectivity index (χ3v) is 3.05. The molecule has 0 bridgehead atoms. The molecule has 6 heteroatoms. The molecule has 0 aliphatic carbocycles. The van der Waals surface area contributed by atoms with Crippen LogP contribution >= 0.6 is 0 Å². The van der Waals surface area contributed by atoms with Crippen LogP contribution in [0.2, 0.25) is 0 Å². The number of methoxy groups -OCH3 is 1. The minimum Gasteiger partial charge on any atom is -0.495 e. The van der Waals surface area contributed by atoms with Crippen LogP contribution in [0.4, 0.5) is 11.6 Å². The quantitative estimate of drug-likeness (QED) is 0.808. The number of hydrogen-bond acceptors (Lipinski definition) is 5. The lowest BCUT2D eigenvalue weighted by Gasteiger charge is -2.21. The van der Waals surface area contributed by atoms with E-state index in [2.05, 4.69) is 36.1 Å². The van der Waals surface area contributed by atoms with Gasteiger partial charge >= 0.3 is 0 Å². The highest BCUT2D eigenvalue weighted by molar-refractivity contribution is 5.64. The molecule has 1 aromatic carbocycles. The topological polar surface area (TPSA) is 87.2 Å². The molecule has 2 rings (SSSR count).